The molecule has 1 aromatic rings. The van der Waals surface area contributed by atoms with Gasteiger partial charge in [-0.2, -0.15) is 0 Å². The fourth-order valence-electron chi connectivity index (χ4n) is 2.54. The van der Waals surface area contributed by atoms with Crippen LogP contribution in [0.4, 0.5) is 0 Å². The van der Waals surface area contributed by atoms with Gasteiger partial charge in [0.05, 0.1) is 6.10 Å². The highest BCUT2D eigenvalue weighted by Gasteiger charge is 2.15. The lowest BCUT2D eigenvalue weighted by atomic mass is 9.87. The second kappa shape index (κ2) is 9.47. The number of halogens is 1. The van der Waals surface area contributed by atoms with Crippen LogP contribution in [0.3, 0.4) is 0 Å². The normalized spacial score (nSPS) is 18.4. The van der Waals surface area contributed by atoms with Gasteiger partial charge in [-0.25, -0.2) is 0 Å². The van der Waals surface area contributed by atoms with E-state index in [1.807, 2.05) is 0 Å². The van der Waals surface area contributed by atoms with Crippen molar-refractivity contribution in [3.63, 3.8) is 0 Å². The number of nitrogens with zero attached hydrogens (tertiary/aromatic N) is 1. The Morgan fingerprint density at radius 3 is 2.43 bits per heavy atom. The van der Waals surface area contributed by atoms with E-state index in [4.69, 9.17) is 4.74 Å². The van der Waals surface area contributed by atoms with Crippen LogP contribution >= 0.6 is 24.0 Å². The minimum Gasteiger partial charge on any atom is -0.376 e. The van der Waals surface area contributed by atoms with Crippen LogP contribution in [0.15, 0.2) is 29.3 Å². The fraction of sp³-hybridized carbons (Fsp3) is 0.611. The minimum absolute atomic E-state index is 0. The Morgan fingerprint density at radius 1 is 1.22 bits per heavy atom. The zero-order valence-corrected chi connectivity index (χ0v) is 17.0. The molecule has 0 radical (unpaired) electrons. The minimum atomic E-state index is 0. The molecule has 0 spiro atoms. The van der Waals surface area contributed by atoms with E-state index in [0.717, 1.165) is 32.1 Å². The lowest BCUT2D eigenvalue weighted by Crippen LogP contribution is -2.40. The highest BCUT2D eigenvalue weighted by Crippen LogP contribution is 2.22. The van der Waals surface area contributed by atoms with E-state index in [2.05, 4.69) is 60.7 Å². The maximum absolute atomic E-state index is 5.61. The van der Waals surface area contributed by atoms with Crippen molar-refractivity contribution in [2.24, 2.45) is 4.99 Å². The topological polar surface area (TPSA) is 45.7 Å². The number of nitrogens with one attached hydrogen (secondary N) is 2. The van der Waals surface area contributed by atoms with Gasteiger partial charge in [0.15, 0.2) is 5.96 Å². The molecule has 0 saturated carbocycles. The molecule has 23 heavy (non-hydrogen) atoms. The van der Waals surface area contributed by atoms with E-state index in [-0.39, 0.29) is 29.4 Å². The molecular formula is C18H30IN3O. The van der Waals surface area contributed by atoms with Gasteiger partial charge in [0.2, 0.25) is 0 Å². The third-order valence-electron chi connectivity index (χ3n) is 4.02. The summed E-state index contributed by atoms with van der Waals surface area (Å²) < 4.78 is 5.61. The van der Waals surface area contributed by atoms with Gasteiger partial charge < -0.3 is 15.4 Å². The van der Waals surface area contributed by atoms with Crippen LogP contribution in [0.5, 0.6) is 0 Å². The van der Waals surface area contributed by atoms with E-state index < -0.39 is 0 Å². The number of hydrogen-bond donors (Lipinski definition) is 2. The molecule has 0 aromatic heterocycles. The van der Waals surface area contributed by atoms with E-state index in [1.54, 1.807) is 7.05 Å². The van der Waals surface area contributed by atoms with Gasteiger partial charge in [-0.15, -0.1) is 24.0 Å². The van der Waals surface area contributed by atoms with Crippen molar-refractivity contribution in [3.05, 3.63) is 35.4 Å². The van der Waals surface area contributed by atoms with Crippen molar-refractivity contribution >= 4 is 29.9 Å². The first-order valence-electron chi connectivity index (χ1n) is 8.14. The summed E-state index contributed by atoms with van der Waals surface area (Å²) in [6.07, 6.45) is 2.63. The Labute approximate surface area is 157 Å². The summed E-state index contributed by atoms with van der Waals surface area (Å²) in [5.74, 6) is 0.829. The largest absolute Gasteiger partial charge is 0.376 e. The number of hydrogen-bond acceptors (Lipinski definition) is 2. The van der Waals surface area contributed by atoms with E-state index >= 15 is 0 Å². The van der Waals surface area contributed by atoms with Gasteiger partial charge in [-0.1, -0.05) is 45.0 Å². The van der Waals surface area contributed by atoms with Crippen LogP contribution in [0.25, 0.3) is 0 Å². The molecule has 0 amide bonds. The first-order valence-corrected chi connectivity index (χ1v) is 8.14. The molecule has 1 unspecified atom stereocenters. The monoisotopic (exact) mass is 431 g/mol. The molecule has 1 aliphatic rings. The smallest absolute Gasteiger partial charge is 0.191 e. The Kier molecular flexibility index (Phi) is 8.33. The summed E-state index contributed by atoms with van der Waals surface area (Å²) in [4.78, 5) is 4.26. The molecule has 2 rings (SSSR count). The van der Waals surface area contributed by atoms with Crippen LogP contribution in [-0.4, -0.2) is 32.3 Å². The van der Waals surface area contributed by atoms with Crippen molar-refractivity contribution in [1.82, 2.24) is 10.6 Å². The van der Waals surface area contributed by atoms with Crippen molar-refractivity contribution in [3.8, 4) is 0 Å². The maximum Gasteiger partial charge on any atom is 0.191 e. The Hall–Kier alpha value is -0.820. The molecule has 1 fully saturated rings. The molecule has 5 heteroatoms. The summed E-state index contributed by atoms with van der Waals surface area (Å²) in [5, 5.41) is 6.68. The van der Waals surface area contributed by atoms with Gasteiger partial charge >= 0.3 is 0 Å². The molecule has 1 aliphatic heterocycles. The number of benzene rings is 1. The number of aliphatic imine (C=N–C) groups is 1. The predicted octanol–water partition coefficient (Wildman–Crippen LogP) is 3.45. The van der Waals surface area contributed by atoms with E-state index in [9.17, 15) is 0 Å². The zero-order valence-electron chi connectivity index (χ0n) is 14.7. The van der Waals surface area contributed by atoms with Gasteiger partial charge in [-0.05, 0) is 29.4 Å². The first kappa shape index (κ1) is 20.2. The molecule has 1 heterocycles. The van der Waals surface area contributed by atoms with E-state index in [1.165, 1.54) is 17.5 Å². The lowest BCUT2D eigenvalue weighted by molar-refractivity contribution is 0.114. The van der Waals surface area contributed by atoms with Crippen molar-refractivity contribution in [2.75, 3.05) is 20.2 Å². The second-order valence-electron chi connectivity index (χ2n) is 6.89. The number of rotatable bonds is 4. The molecule has 4 nitrogen and oxygen atoms in total. The average molecular weight is 431 g/mol. The Morgan fingerprint density at radius 2 is 1.91 bits per heavy atom. The molecule has 130 valence electrons. The summed E-state index contributed by atoms with van der Waals surface area (Å²) in [6.45, 7) is 9.18. The van der Waals surface area contributed by atoms with Gasteiger partial charge in [0.25, 0.3) is 0 Å². The summed E-state index contributed by atoms with van der Waals surface area (Å²) in [7, 11) is 1.80. The van der Waals surface area contributed by atoms with Crippen molar-refractivity contribution < 1.29 is 4.74 Å². The fourth-order valence-corrected chi connectivity index (χ4v) is 2.54. The second-order valence-corrected chi connectivity index (χ2v) is 6.89. The van der Waals surface area contributed by atoms with Gasteiger partial charge in [-0.3, -0.25) is 4.99 Å². The highest BCUT2D eigenvalue weighted by molar-refractivity contribution is 14.0. The summed E-state index contributed by atoms with van der Waals surface area (Å²) >= 11 is 0. The van der Waals surface area contributed by atoms with E-state index in [0.29, 0.717) is 6.10 Å². The average Bonchev–Trinajstić information content (AvgIpc) is 3.00. The molecule has 2 N–H and O–H groups in total. The van der Waals surface area contributed by atoms with Crippen molar-refractivity contribution in [2.45, 2.75) is 51.7 Å². The van der Waals surface area contributed by atoms with Crippen molar-refractivity contribution in [1.29, 1.82) is 0 Å². The zero-order chi connectivity index (χ0) is 16.0. The molecular weight excluding hydrogens is 401 g/mol. The number of ether oxygens (including phenoxy) is 1. The Bertz CT molecular complexity index is 488. The molecule has 1 saturated heterocycles. The third-order valence-corrected chi connectivity index (χ3v) is 4.02. The highest BCUT2D eigenvalue weighted by atomic mass is 127. The van der Waals surface area contributed by atoms with Gasteiger partial charge in [0.1, 0.15) is 0 Å². The number of guanidine groups is 1. The summed E-state index contributed by atoms with van der Waals surface area (Å²) in [6, 6.07) is 8.78. The Balaban J connectivity index is 0.00000264. The lowest BCUT2D eigenvalue weighted by Gasteiger charge is -2.19. The summed E-state index contributed by atoms with van der Waals surface area (Å²) in [5.41, 5.74) is 2.82. The molecule has 1 aromatic carbocycles. The van der Waals surface area contributed by atoms with Crippen LogP contribution in [0.1, 0.15) is 44.7 Å². The third kappa shape index (κ3) is 6.67. The first-order chi connectivity index (χ1) is 10.5. The van der Waals surface area contributed by atoms with Crippen LogP contribution < -0.4 is 10.6 Å². The van der Waals surface area contributed by atoms with Gasteiger partial charge in [0, 0.05) is 26.7 Å². The van der Waals surface area contributed by atoms with Crippen LogP contribution in [0, 0.1) is 0 Å². The molecule has 1 atom stereocenters. The SMILES string of the molecule is CN=C(NCc1ccc(C(C)(C)C)cc1)NCC1CCCO1.I. The maximum atomic E-state index is 5.61. The predicted molar refractivity (Wildman–Crippen MR) is 108 cm³/mol. The van der Waals surface area contributed by atoms with Crippen LogP contribution in [0.2, 0.25) is 0 Å². The van der Waals surface area contributed by atoms with Crippen LogP contribution in [-0.2, 0) is 16.7 Å². The molecule has 0 bridgehead atoms. The molecule has 0 aliphatic carbocycles. The standard InChI is InChI=1S/C18H29N3O.HI/c1-18(2,3)15-9-7-14(8-10-15)12-20-17(19-4)21-13-16-6-5-11-22-16;/h7-10,16H,5-6,11-13H2,1-4H3,(H2,19,20,21);1H. The quantitative estimate of drug-likeness (QED) is 0.436.